The minimum absolute atomic E-state index is 0.0517. The van der Waals surface area contributed by atoms with Gasteiger partial charge in [-0.3, -0.25) is 4.79 Å². The van der Waals surface area contributed by atoms with E-state index in [1.807, 2.05) is 18.7 Å². The molecule has 0 saturated carbocycles. The van der Waals surface area contributed by atoms with Crippen LogP contribution in [0.1, 0.15) is 36.3 Å². The van der Waals surface area contributed by atoms with E-state index in [0.717, 1.165) is 36.4 Å². The highest BCUT2D eigenvalue weighted by atomic mass is 16.5. The van der Waals surface area contributed by atoms with E-state index in [9.17, 15) is 4.79 Å². The van der Waals surface area contributed by atoms with Gasteiger partial charge in [-0.05, 0) is 39.2 Å². The topological polar surface area (TPSA) is 81.4 Å². The van der Waals surface area contributed by atoms with Crippen molar-refractivity contribution in [3.8, 4) is 6.01 Å². The predicted octanol–water partition coefficient (Wildman–Crippen LogP) is 2.08. The van der Waals surface area contributed by atoms with Crippen LogP contribution in [0.2, 0.25) is 0 Å². The van der Waals surface area contributed by atoms with Crippen molar-refractivity contribution in [2.24, 2.45) is 0 Å². The molecule has 2 aromatic rings. The van der Waals surface area contributed by atoms with Gasteiger partial charge in [0.25, 0.3) is 0 Å². The van der Waals surface area contributed by atoms with Crippen LogP contribution in [0.25, 0.3) is 0 Å². The van der Waals surface area contributed by atoms with Gasteiger partial charge in [-0.2, -0.15) is 0 Å². The third-order valence-corrected chi connectivity index (χ3v) is 4.32. The molecule has 128 valence electrons. The molecule has 0 aliphatic carbocycles. The molecule has 24 heavy (non-hydrogen) atoms. The van der Waals surface area contributed by atoms with E-state index in [2.05, 4.69) is 15.1 Å². The van der Waals surface area contributed by atoms with Crippen LogP contribution in [-0.2, 0) is 11.2 Å². The number of ether oxygens (including phenoxy) is 1. The summed E-state index contributed by atoms with van der Waals surface area (Å²) in [6.07, 6.45) is 6.20. The van der Waals surface area contributed by atoms with E-state index >= 15 is 0 Å². The quantitative estimate of drug-likeness (QED) is 0.835. The molecular weight excluding hydrogens is 308 g/mol. The SMILES string of the molecule is Cc1noc(C)c1CCC(=O)N1CCCC(Oc2ncccn2)C1. The average Bonchev–Trinajstić information content (AvgIpc) is 2.92. The average molecular weight is 330 g/mol. The molecular formula is C17H22N4O3. The Bertz CT molecular complexity index is 667. The molecule has 0 bridgehead atoms. The van der Waals surface area contributed by atoms with Crippen LogP contribution in [0.15, 0.2) is 23.0 Å². The first kappa shape index (κ1) is 16.4. The zero-order valence-electron chi connectivity index (χ0n) is 14.1. The molecule has 0 spiro atoms. The van der Waals surface area contributed by atoms with Gasteiger partial charge in [-0.1, -0.05) is 5.16 Å². The second kappa shape index (κ2) is 7.42. The van der Waals surface area contributed by atoms with Crippen LogP contribution in [0, 0.1) is 13.8 Å². The number of carbonyl (C=O) groups is 1. The minimum atomic E-state index is -0.0517. The van der Waals surface area contributed by atoms with Crippen LogP contribution in [-0.4, -0.2) is 45.1 Å². The van der Waals surface area contributed by atoms with Crippen molar-refractivity contribution in [2.75, 3.05) is 13.1 Å². The summed E-state index contributed by atoms with van der Waals surface area (Å²) in [6.45, 7) is 5.14. The lowest BCUT2D eigenvalue weighted by atomic mass is 10.1. The monoisotopic (exact) mass is 330 g/mol. The Kier molecular flexibility index (Phi) is 5.08. The fraction of sp³-hybridized carbons (Fsp3) is 0.529. The van der Waals surface area contributed by atoms with Crippen LogP contribution < -0.4 is 4.74 Å². The number of rotatable bonds is 5. The fourth-order valence-corrected chi connectivity index (χ4v) is 3.01. The van der Waals surface area contributed by atoms with Crippen molar-refractivity contribution >= 4 is 5.91 Å². The molecule has 0 N–H and O–H groups in total. The molecule has 3 rings (SSSR count). The molecule has 7 nitrogen and oxygen atoms in total. The summed E-state index contributed by atoms with van der Waals surface area (Å²) in [5.41, 5.74) is 1.90. The molecule has 1 fully saturated rings. The van der Waals surface area contributed by atoms with Crippen molar-refractivity contribution < 1.29 is 14.1 Å². The normalized spacial score (nSPS) is 17.8. The van der Waals surface area contributed by atoms with Gasteiger partial charge in [0.05, 0.1) is 12.2 Å². The zero-order chi connectivity index (χ0) is 16.9. The molecule has 2 aromatic heterocycles. The molecule has 0 radical (unpaired) electrons. The van der Waals surface area contributed by atoms with Crippen LogP contribution in [0.3, 0.4) is 0 Å². The van der Waals surface area contributed by atoms with E-state index in [-0.39, 0.29) is 12.0 Å². The first-order valence-corrected chi connectivity index (χ1v) is 8.26. The molecule has 1 amide bonds. The zero-order valence-corrected chi connectivity index (χ0v) is 14.1. The minimum Gasteiger partial charge on any atom is -0.458 e. The standard InChI is InChI=1S/C17H22N4O3/c1-12-15(13(2)24-20-12)6-7-16(22)21-10-3-5-14(11-21)23-17-18-8-4-9-19-17/h4,8-9,14H,3,5-7,10-11H2,1-2H3. The number of carbonyl (C=O) groups excluding carboxylic acids is 1. The number of amides is 1. The van der Waals surface area contributed by atoms with Crippen molar-refractivity contribution in [3.05, 3.63) is 35.5 Å². The third-order valence-electron chi connectivity index (χ3n) is 4.32. The molecule has 1 unspecified atom stereocenters. The van der Waals surface area contributed by atoms with Crippen molar-refractivity contribution in [3.63, 3.8) is 0 Å². The smallest absolute Gasteiger partial charge is 0.316 e. The van der Waals surface area contributed by atoms with Crippen LogP contribution in [0.5, 0.6) is 6.01 Å². The number of piperidine rings is 1. The Labute approximate surface area is 141 Å². The number of hydrogen-bond acceptors (Lipinski definition) is 6. The van der Waals surface area contributed by atoms with Crippen LogP contribution in [0.4, 0.5) is 0 Å². The molecule has 1 aliphatic heterocycles. The highest BCUT2D eigenvalue weighted by Crippen LogP contribution is 2.18. The highest BCUT2D eigenvalue weighted by Gasteiger charge is 2.25. The Morgan fingerprint density at radius 2 is 2.17 bits per heavy atom. The molecule has 1 atom stereocenters. The molecule has 1 saturated heterocycles. The molecule has 3 heterocycles. The maximum atomic E-state index is 12.5. The van der Waals surface area contributed by atoms with Gasteiger partial charge in [-0.15, -0.1) is 0 Å². The van der Waals surface area contributed by atoms with Gasteiger partial charge in [0, 0.05) is 30.9 Å². The lowest BCUT2D eigenvalue weighted by Gasteiger charge is -2.32. The van der Waals surface area contributed by atoms with Crippen molar-refractivity contribution in [1.29, 1.82) is 0 Å². The molecule has 0 aromatic carbocycles. The second-order valence-electron chi connectivity index (χ2n) is 6.06. The van der Waals surface area contributed by atoms with Crippen molar-refractivity contribution in [1.82, 2.24) is 20.0 Å². The maximum absolute atomic E-state index is 12.5. The lowest BCUT2D eigenvalue weighted by Crippen LogP contribution is -2.44. The van der Waals surface area contributed by atoms with E-state index < -0.39 is 0 Å². The van der Waals surface area contributed by atoms with Gasteiger partial charge >= 0.3 is 6.01 Å². The number of likely N-dealkylation sites (tertiary alicyclic amines) is 1. The number of aromatic nitrogens is 3. The van der Waals surface area contributed by atoms with Gasteiger partial charge in [0.1, 0.15) is 11.9 Å². The predicted molar refractivity (Wildman–Crippen MR) is 86.6 cm³/mol. The maximum Gasteiger partial charge on any atom is 0.316 e. The first-order valence-electron chi connectivity index (χ1n) is 8.26. The van der Waals surface area contributed by atoms with Gasteiger partial charge in [0.2, 0.25) is 5.91 Å². The second-order valence-corrected chi connectivity index (χ2v) is 6.06. The molecule has 1 aliphatic rings. The Morgan fingerprint density at radius 1 is 1.38 bits per heavy atom. The Morgan fingerprint density at radius 3 is 2.88 bits per heavy atom. The Hall–Kier alpha value is -2.44. The van der Waals surface area contributed by atoms with Gasteiger partial charge < -0.3 is 14.2 Å². The number of hydrogen-bond donors (Lipinski definition) is 0. The van der Waals surface area contributed by atoms with Crippen LogP contribution >= 0.6 is 0 Å². The molecule has 7 heteroatoms. The van der Waals surface area contributed by atoms with E-state index in [1.54, 1.807) is 18.5 Å². The fourth-order valence-electron chi connectivity index (χ4n) is 3.01. The summed E-state index contributed by atoms with van der Waals surface area (Å²) >= 11 is 0. The van der Waals surface area contributed by atoms with Crippen molar-refractivity contribution in [2.45, 2.75) is 45.6 Å². The summed E-state index contributed by atoms with van der Waals surface area (Å²) in [5.74, 6) is 0.929. The summed E-state index contributed by atoms with van der Waals surface area (Å²) in [6, 6.07) is 2.12. The largest absolute Gasteiger partial charge is 0.458 e. The lowest BCUT2D eigenvalue weighted by molar-refractivity contribution is -0.133. The third kappa shape index (κ3) is 3.90. The first-order chi connectivity index (χ1) is 11.6. The number of nitrogens with zero attached hydrogens (tertiary/aromatic N) is 4. The summed E-state index contributed by atoms with van der Waals surface area (Å²) in [5, 5.41) is 3.93. The summed E-state index contributed by atoms with van der Waals surface area (Å²) in [7, 11) is 0. The highest BCUT2D eigenvalue weighted by molar-refractivity contribution is 5.76. The Balaban J connectivity index is 1.53. The van der Waals surface area contributed by atoms with Gasteiger partial charge in [0.15, 0.2) is 0 Å². The summed E-state index contributed by atoms with van der Waals surface area (Å²) in [4.78, 5) is 22.5. The van der Waals surface area contributed by atoms with Gasteiger partial charge in [-0.25, -0.2) is 9.97 Å². The van der Waals surface area contributed by atoms with E-state index in [0.29, 0.717) is 25.4 Å². The summed E-state index contributed by atoms with van der Waals surface area (Å²) < 4.78 is 10.9. The number of aryl methyl sites for hydroxylation is 2. The van der Waals surface area contributed by atoms with E-state index in [4.69, 9.17) is 9.26 Å². The van der Waals surface area contributed by atoms with E-state index in [1.165, 1.54) is 0 Å².